The van der Waals surface area contributed by atoms with Crippen LogP contribution in [0.1, 0.15) is 20.3 Å². The van der Waals surface area contributed by atoms with Gasteiger partial charge in [-0.1, -0.05) is 20.3 Å². The van der Waals surface area contributed by atoms with Gasteiger partial charge in [0.25, 0.3) is 0 Å². The molecule has 2 nitrogen and oxygen atoms in total. The van der Waals surface area contributed by atoms with Gasteiger partial charge in [0.15, 0.2) is 0 Å². The van der Waals surface area contributed by atoms with Crippen LogP contribution >= 0.6 is 0 Å². The third-order valence-corrected chi connectivity index (χ3v) is 1.67. The highest BCUT2D eigenvalue weighted by Crippen LogP contribution is 1.96. The Labute approximate surface area is 64.0 Å². The highest BCUT2D eigenvalue weighted by atomic mass is 16.5. The average molecular weight is 145 g/mol. The lowest BCUT2D eigenvalue weighted by molar-refractivity contribution is 0.198. The van der Waals surface area contributed by atoms with Crippen LogP contribution in [-0.2, 0) is 4.74 Å². The normalized spacial score (nSPS) is 13.5. The maximum Gasteiger partial charge on any atom is 0.0587 e. The van der Waals surface area contributed by atoms with E-state index in [1.165, 1.54) is 6.42 Å². The molecule has 1 unspecified atom stereocenters. The first-order chi connectivity index (χ1) is 4.81. The summed E-state index contributed by atoms with van der Waals surface area (Å²) >= 11 is 0. The van der Waals surface area contributed by atoms with Gasteiger partial charge in [-0.2, -0.15) is 0 Å². The van der Waals surface area contributed by atoms with Gasteiger partial charge in [0.2, 0.25) is 0 Å². The van der Waals surface area contributed by atoms with E-state index in [2.05, 4.69) is 19.2 Å². The molecule has 0 saturated heterocycles. The first kappa shape index (κ1) is 9.92. The van der Waals surface area contributed by atoms with Crippen molar-refractivity contribution in [3.8, 4) is 0 Å². The molecule has 0 aliphatic rings. The van der Waals surface area contributed by atoms with Crippen molar-refractivity contribution in [3.63, 3.8) is 0 Å². The van der Waals surface area contributed by atoms with Crippen LogP contribution in [-0.4, -0.2) is 26.8 Å². The first-order valence-electron chi connectivity index (χ1n) is 4.00. The summed E-state index contributed by atoms with van der Waals surface area (Å²) in [5, 5.41) is 3.31. The molecular weight excluding hydrogens is 126 g/mol. The Balaban J connectivity index is 2.89. The fourth-order valence-corrected chi connectivity index (χ4v) is 0.667. The molecule has 0 aliphatic carbocycles. The fourth-order valence-electron chi connectivity index (χ4n) is 0.667. The van der Waals surface area contributed by atoms with Crippen LogP contribution in [0.5, 0.6) is 0 Å². The Morgan fingerprint density at radius 1 is 1.50 bits per heavy atom. The molecule has 0 aromatic heterocycles. The van der Waals surface area contributed by atoms with Crippen molar-refractivity contribution in [1.82, 2.24) is 5.32 Å². The predicted molar refractivity (Wildman–Crippen MR) is 44.2 cm³/mol. The minimum Gasteiger partial charge on any atom is -0.383 e. The third-order valence-electron chi connectivity index (χ3n) is 1.67. The maximum absolute atomic E-state index is 4.89. The van der Waals surface area contributed by atoms with Gasteiger partial charge in [-0.25, -0.2) is 0 Å². The molecule has 1 atom stereocenters. The molecule has 0 bridgehead atoms. The molecule has 0 spiro atoms. The standard InChI is InChI=1S/C8H19NO/c1-4-8(2)7-9-5-6-10-3/h8-9H,4-7H2,1-3H3. The van der Waals surface area contributed by atoms with Crippen LogP contribution in [0.4, 0.5) is 0 Å². The lowest BCUT2D eigenvalue weighted by Crippen LogP contribution is -2.24. The van der Waals surface area contributed by atoms with E-state index in [-0.39, 0.29) is 0 Å². The minimum atomic E-state index is 0.789. The van der Waals surface area contributed by atoms with Crippen LogP contribution in [0.25, 0.3) is 0 Å². The third kappa shape index (κ3) is 6.05. The summed E-state index contributed by atoms with van der Waals surface area (Å²) in [5.41, 5.74) is 0. The molecule has 0 amide bonds. The smallest absolute Gasteiger partial charge is 0.0587 e. The lowest BCUT2D eigenvalue weighted by atomic mass is 10.1. The summed E-state index contributed by atoms with van der Waals surface area (Å²) in [6, 6.07) is 0. The maximum atomic E-state index is 4.89. The molecule has 0 aromatic rings. The van der Waals surface area contributed by atoms with E-state index in [1.54, 1.807) is 7.11 Å². The molecule has 0 saturated carbocycles. The van der Waals surface area contributed by atoms with Crippen LogP contribution in [0, 0.1) is 5.92 Å². The molecular formula is C8H19NO. The highest BCUT2D eigenvalue weighted by molar-refractivity contribution is 4.53. The zero-order chi connectivity index (χ0) is 7.82. The molecule has 10 heavy (non-hydrogen) atoms. The van der Waals surface area contributed by atoms with Gasteiger partial charge < -0.3 is 10.1 Å². The Morgan fingerprint density at radius 2 is 2.20 bits per heavy atom. The molecule has 0 fully saturated rings. The molecule has 2 heteroatoms. The van der Waals surface area contributed by atoms with E-state index >= 15 is 0 Å². The van der Waals surface area contributed by atoms with Crippen molar-refractivity contribution in [2.24, 2.45) is 5.92 Å². The zero-order valence-corrected chi connectivity index (χ0v) is 7.31. The lowest BCUT2D eigenvalue weighted by Gasteiger charge is -2.08. The first-order valence-corrected chi connectivity index (χ1v) is 4.00. The quantitative estimate of drug-likeness (QED) is 0.568. The Kier molecular flexibility index (Phi) is 6.98. The topological polar surface area (TPSA) is 21.3 Å². The molecule has 0 aliphatic heterocycles. The number of hydrogen-bond donors (Lipinski definition) is 1. The van der Waals surface area contributed by atoms with Crippen molar-refractivity contribution < 1.29 is 4.74 Å². The fraction of sp³-hybridized carbons (Fsp3) is 1.00. The highest BCUT2D eigenvalue weighted by Gasteiger charge is 1.95. The molecule has 0 heterocycles. The molecule has 0 rings (SSSR count). The van der Waals surface area contributed by atoms with Crippen LogP contribution in [0.2, 0.25) is 0 Å². The van der Waals surface area contributed by atoms with Crippen molar-refractivity contribution in [2.45, 2.75) is 20.3 Å². The van der Waals surface area contributed by atoms with Crippen LogP contribution in [0.15, 0.2) is 0 Å². The number of ether oxygens (including phenoxy) is 1. The largest absolute Gasteiger partial charge is 0.383 e. The van der Waals surface area contributed by atoms with E-state index in [1.807, 2.05) is 0 Å². The molecule has 62 valence electrons. The van der Waals surface area contributed by atoms with Gasteiger partial charge in [-0.05, 0) is 12.5 Å². The van der Waals surface area contributed by atoms with Crippen LogP contribution < -0.4 is 5.32 Å². The summed E-state index contributed by atoms with van der Waals surface area (Å²) in [6.45, 7) is 7.36. The van der Waals surface area contributed by atoms with Crippen molar-refractivity contribution in [3.05, 3.63) is 0 Å². The summed E-state index contributed by atoms with van der Waals surface area (Å²) < 4.78 is 4.89. The second kappa shape index (κ2) is 7.03. The second-order valence-electron chi connectivity index (χ2n) is 2.71. The van der Waals surface area contributed by atoms with E-state index in [4.69, 9.17) is 4.74 Å². The number of nitrogens with one attached hydrogen (secondary N) is 1. The monoisotopic (exact) mass is 145 g/mol. The average Bonchev–Trinajstić information content (AvgIpc) is 1.98. The summed E-state index contributed by atoms with van der Waals surface area (Å²) in [7, 11) is 1.73. The van der Waals surface area contributed by atoms with E-state index < -0.39 is 0 Å². The summed E-state index contributed by atoms with van der Waals surface area (Å²) in [4.78, 5) is 0. The van der Waals surface area contributed by atoms with Gasteiger partial charge in [-0.15, -0.1) is 0 Å². The molecule has 0 radical (unpaired) electrons. The summed E-state index contributed by atoms with van der Waals surface area (Å²) in [6.07, 6.45) is 1.25. The summed E-state index contributed by atoms with van der Waals surface area (Å²) in [5.74, 6) is 0.789. The van der Waals surface area contributed by atoms with Gasteiger partial charge in [0.1, 0.15) is 0 Å². The number of methoxy groups -OCH3 is 1. The predicted octanol–water partition coefficient (Wildman–Crippen LogP) is 1.27. The number of hydrogen-bond acceptors (Lipinski definition) is 2. The van der Waals surface area contributed by atoms with Crippen molar-refractivity contribution in [1.29, 1.82) is 0 Å². The molecule has 0 aromatic carbocycles. The minimum absolute atomic E-state index is 0.789. The van der Waals surface area contributed by atoms with Crippen LogP contribution in [0.3, 0.4) is 0 Å². The SMILES string of the molecule is CCC(C)CNCCOC. The van der Waals surface area contributed by atoms with Crippen molar-refractivity contribution >= 4 is 0 Å². The van der Waals surface area contributed by atoms with E-state index in [0.717, 1.165) is 25.6 Å². The Bertz CT molecular complexity index is 66.3. The van der Waals surface area contributed by atoms with Crippen molar-refractivity contribution in [2.75, 3.05) is 26.8 Å². The Morgan fingerprint density at radius 3 is 2.70 bits per heavy atom. The van der Waals surface area contributed by atoms with E-state index in [0.29, 0.717) is 0 Å². The Hall–Kier alpha value is -0.0800. The second-order valence-corrected chi connectivity index (χ2v) is 2.71. The van der Waals surface area contributed by atoms with Gasteiger partial charge in [-0.3, -0.25) is 0 Å². The van der Waals surface area contributed by atoms with Gasteiger partial charge >= 0.3 is 0 Å². The molecule has 1 N–H and O–H groups in total. The van der Waals surface area contributed by atoms with Gasteiger partial charge in [0.05, 0.1) is 6.61 Å². The number of rotatable bonds is 6. The van der Waals surface area contributed by atoms with E-state index in [9.17, 15) is 0 Å². The zero-order valence-electron chi connectivity index (χ0n) is 7.31. The van der Waals surface area contributed by atoms with Gasteiger partial charge in [0, 0.05) is 13.7 Å².